The number of likely N-dealkylation sites (tertiary alicyclic amines) is 1. The van der Waals surface area contributed by atoms with Crippen LogP contribution in [-0.2, 0) is 14.8 Å². The van der Waals surface area contributed by atoms with Gasteiger partial charge in [-0.15, -0.1) is 0 Å². The highest BCUT2D eigenvalue weighted by Crippen LogP contribution is 2.31. The molecule has 3 aromatic carbocycles. The van der Waals surface area contributed by atoms with E-state index >= 15 is 0 Å². The highest BCUT2D eigenvalue weighted by molar-refractivity contribution is 9.10. The van der Waals surface area contributed by atoms with Gasteiger partial charge in [-0.3, -0.25) is 13.9 Å². The zero-order chi connectivity index (χ0) is 28.0. The second kappa shape index (κ2) is 12.7. The number of halogens is 1. The molecular formula is C29H32BrN3O5S. The van der Waals surface area contributed by atoms with Crippen LogP contribution in [0, 0.1) is 6.92 Å². The van der Waals surface area contributed by atoms with E-state index in [-0.39, 0.29) is 10.8 Å². The Labute approximate surface area is 238 Å². The summed E-state index contributed by atoms with van der Waals surface area (Å²) in [6, 6.07) is 18.2. The minimum atomic E-state index is -4.14. The van der Waals surface area contributed by atoms with E-state index in [1.165, 1.54) is 19.2 Å². The summed E-state index contributed by atoms with van der Waals surface area (Å²) in [6.07, 6.45) is 4.09. The van der Waals surface area contributed by atoms with Crippen molar-refractivity contribution in [1.82, 2.24) is 4.90 Å². The second-order valence-electron chi connectivity index (χ2n) is 9.44. The van der Waals surface area contributed by atoms with Gasteiger partial charge in [0.25, 0.3) is 15.9 Å². The van der Waals surface area contributed by atoms with Crippen LogP contribution in [0.4, 0.5) is 11.4 Å². The Bertz CT molecular complexity index is 1440. The minimum absolute atomic E-state index is 0.000270. The number of rotatable bonds is 8. The molecule has 1 heterocycles. The van der Waals surface area contributed by atoms with Crippen LogP contribution in [-0.4, -0.2) is 51.9 Å². The summed E-state index contributed by atoms with van der Waals surface area (Å²) in [6.45, 7) is 2.77. The number of carbonyl (C=O) groups is 2. The van der Waals surface area contributed by atoms with Gasteiger partial charge in [0, 0.05) is 13.1 Å². The molecule has 1 aliphatic heterocycles. The molecule has 0 atom stereocenters. The van der Waals surface area contributed by atoms with Gasteiger partial charge in [-0.2, -0.15) is 0 Å². The molecule has 0 saturated carbocycles. The molecule has 2 amide bonds. The van der Waals surface area contributed by atoms with Crippen LogP contribution < -0.4 is 14.4 Å². The van der Waals surface area contributed by atoms with Crippen LogP contribution in [0.3, 0.4) is 0 Å². The van der Waals surface area contributed by atoms with Gasteiger partial charge in [-0.25, -0.2) is 8.42 Å². The predicted molar refractivity (Wildman–Crippen MR) is 156 cm³/mol. The van der Waals surface area contributed by atoms with Crippen molar-refractivity contribution in [2.45, 2.75) is 37.5 Å². The van der Waals surface area contributed by atoms with Crippen molar-refractivity contribution in [2.75, 3.05) is 36.4 Å². The fraction of sp³-hybridized carbons (Fsp3) is 0.310. The van der Waals surface area contributed by atoms with Gasteiger partial charge in [0.2, 0.25) is 5.91 Å². The van der Waals surface area contributed by atoms with Gasteiger partial charge in [0.1, 0.15) is 12.3 Å². The molecule has 10 heteroatoms. The number of ether oxygens (including phenoxy) is 1. The van der Waals surface area contributed by atoms with Crippen molar-refractivity contribution < 1.29 is 22.7 Å². The van der Waals surface area contributed by atoms with Crippen molar-refractivity contribution in [1.29, 1.82) is 0 Å². The van der Waals surface area contributed by atoms with E-state index in [0.29, 0.717) is 40.2 Å². The molecular weight excluding hydrogens is 582 g/mol. The van der Waals surface area contributed by atoms with E-state index in [2.05, 4.69) is 21.2 Å². The largest absolute Gasteiger partial charge is 0.496 e. The maximum Gasteiger partial charge on any atom is 0.264 e. The monoisotopic (exact) mass is 613 g/mol. The number of aryl methyl sites for hydroxylation is 1. The molecule has 0 aliphatic carbocycles. The average molecular weight is 615 g/mol. The fourth-order valence-corrected chi connectivity index (χ4v) is 6.64. The summed E-state index contributed by atoms with van der Waals surface area (Å²) in [5, 5.41) is 2.79. The number of sulfonamides is 1. The lowest BCUT2D eigenvalue weighted by atomic mass is 10.1. The first-order valence-corrected chi connectivity index (χ1v) is 15.0. The molecule has 0 spiro atoms. The van der Waals surface area contributed by atoms with Crippen molar-refractivity contribution >= 4 is 49.1 Å². The molecule has 206 valence electrons. The lowest BCUT2D eigenvalue weighted by Crippen LogP contribution is -2.38. The summed E-state index contributed by atoms with van der Waals surface area (Å²) in [7, 11) is -2.64. The number of carbonyl (C=O) groups excluding carboxylic acids is 2. The SMILES string of the molecule is COc1ccc(S(=O)(=O)N(CC(=O)Nc2ccccc2C(=O)N2CCCCCC2)c2ccc(C)cc2)cc1Br. The number of amides is 2. The quantitative estimate of drug-likeness (QED) is 0.356. The van der Waals surface area contributed by atoms with Crippen LogP contribution in [0.15, 0.2) is 76.1 Å². The molecule has 0 aromatic heterocycles. The normalized spacial score (nSPS) is 13.9. The fourth-order valence-electron chi connectivity index (χ4n) is 4.50. The molecule has 1 saturated heterocycles. The Morgan fingerprint density at radius 2 is 1.64 bits per heavy atom. The molecule has 1 N–H and O–H groups in total. The van der Waals surface area contributed by atoms with E-state index in [1.54, 1.807) is 54.6 Å². The Balaban J connectivity index is 1.62. The Morgan fingerprint density at radius 3 is 2.28 bits per heavy atom. The van der Waals surface area contributed by atoms with Crippen LogP contribution in [0.25, 0.3) is 0 Å². The van der Waals surface area contributed by atoms with Crippen LogP contribution >= 0.6 is 15.9 Å². The van der Waals surface area contributed by atoms with E-state index < -0.39 is 22.5 Å². The Kier molecular flexibility index (Phi) is 9.29. The standard InChI is InChI=1S/C29H32BrN3O5S/c1-21-11-13-22(14-12-21)33(39(36,37)23-15-16-27(38-2)25(30)19-23)20-28(34)31-26-10-6-5-9-24(26)29(35)32-17-7-3-4-8-18-32/h5-6,9-16,19H,3-4,7-8,17-18,20H2,1-2H3,(H,31,34). The third-order valence-electron chi connectivity index (χ3n) is 6.65. The van der Waals surface area contributed by atoms with Gasteiger partial charge in [0.15, 0.2) is 0 Å². The molecule has 3 aromatic rings. The van der Waals surface area contributed by atoms with E-state index in [4.69, 9.17) is 4.74 Å². The molecule has 4 rings (SSSR count). The van der Waals surface area contributed by atoms with Crippen LogP contribution in [0.2, 0.25) is 0 Å². The Hall–Kier alpha value is -3.37. The number of hydrogen-bond donors (Lipinski definition) is 1. The summed E-state index contributed by atoms with van der Waals surface area (Å²) in [4.78, 5) is 28.5. The molecule has 1 fully saturated rings. The first-order valence-electron chi connectivity index (χ1n) is 12.8. The Morgan fingerprint density at radius 1 is 0.974 bits per heavy atom. The summed E-state index contributed by atoms with van der Waals surface area (Å²) >= 11 is 3.35. The maximum atomic E-state index is 13.8. The molecule has 1 aliphatic rings. The van der Waals surface area contributed by atoms with E-state index in [1.807, 2.05) is 11.8 Å². The second-order valence-corrected chi connectivity index (χ2v) is 12.2. The zero-order valence-corrected chi connectivity index (χ0v) is 24.4. The number of benzene rings is 3. The molecule has 0 bridgehead atoms. The van der Waals surface area contributed by atoms with Gasteiger partial charge in [-0.1, -0.05) is 42.7 Å². The van der Waals surface area contributed by atoms with Gasteiger partial charge < -0.3 is 15.0 Å². The van der Waals surface area contributed by atoms with Crippen molar-refractivity contribution in [3.8, 4) is 5.75 Å². The third kappa shape index (κ3) is 6.80. The lowest BCUT2D eigenvalue weighted by molar-refractivity contribution is -0.114. The third-order valence-corrected chi connectivity index (χ3v) is 9.03. The van der Waals surface area contributed by atoms with Gasteiger partial charge in [0.05, 0.1) is 33.4 Å². The number of nitrogens with zero attached hydrogens (tertiary/aromatic N) is 2. The van der Waals surface area contributed by atoms with Crippen molar-refractivity contribution in [2.24, 2.45) is 0 Å². The van der Waals surface area contributed by atoms with Crippen molar-refractivity contribution in [3.05, 3.63) is 82.3 Å². The number of anilines is 2. The van der Waals surface area contributed by atoms with Crippen LogP contribution in [0.1, 0.15) is 41.6 Å². The average Bonchev–Trinajstić information content (AvgIpc) is 3.22. The topological polar surface area (TPSA) is 96.0 Å². The first kappa shape index (κ1) is 28.6. The zero-order valence-electron chi connectivity index (χ0n) is 22.0. The van der Waals surface area contributed by atoms with Crippen LogP contribution in [0.5, 0.6) is 5.75 Å². The summed E-state index contributed by atoms with van der Waals surface area (Å²) in [5.41, 5.74) is 2.03. The predicted octanol–water partition coefficient (Wildman–Crippen LogP) is 5.62. The first-order chi connectivity index (χ1) is 18.7. The molecule has 8 nitrogen and oxygen atoms in total. The minimum Gasteiger partial charge on any atom is -0.496 e. The number of nitrogens with one attached hydrogen (secondary N) is 1. The number of para-hydroxylation sites is 1. The van der Waals surface area contributed by atoms with Gasteiger partial charge in [-0.05, 0) is 78.2 Å². The molecule has 0 unspecified atom stereocenters. The van der Waals surface area contributed by atoms with Gasteiger partial charge >= 0.3 is 0 Å². The summed E-state index contributed by atoms with van der Waals surface area (Å²) in [5.74, 6) is -0.221. The van der Waals surface area contributed by atoms with E-state index in [0.717, 1.165) is 35.6 Å². The van der Waals surface area contributed by atoms with Crippen molar-refractivity contribution in [3.63, 3.8) is 0 Å². The lowest BCUT2D eigenvalue weighted by Gasteiger charge is -2.25. The summed E-state index contributed by atoms with van der Waals surface area (Å²) < 4.78 is 34.4. The van der Waals surface area contributed by atoms with E-state index in [9.17, 15) is 18.0 Å². The highest BCUT2D eigenvalue weighted by Gasteiger charge is 2.29. The number of methoxy groups -OCH3 is 1. The highest BCUT2D eigenvalue weighted by atomic mass is 79.9. The molecule has 0 radical (unpaired) electrons. The smallest absolute Gasteiger partial charge is 0.264 e. The molecule has 39 heavy (non-hydrogen) atoms. The maximum absolute atomic E-state index is 13.8. The number of hydrogen-bond acceptors (Lipinski definition) is 5.